The second-order valence-electron chi connectivity index (χ2n) is 3.61. The predicted octanol–water partition coefficient (Wildman–Crippen LogP) is 2.00. The summed E-state index contributed by atoms with van der Waals surface area (Å²) < 4.78 is 0. The Morgan fingerprint density at radius 2 is 1.46 bits per heavy atom. The summed E-state index contributed by atoms with van der Waals surface area (Å²) in [6, 6.07) is 6.22. The maximum Gasteiger partial charge on any atom is 0.0601 e. The molecule has 0 heterocycles. The van der Waals surface area contributed by atoms with Gasteiger partial charge in [0.2, 0.25) is 0 Å². The minimum atomic E-state index is 1.05. The molecular formula is C11H17N2. The van der Waals surface area contributed by atoms with Gasteiger partial charge in [0.1, 0.15) is 0 Å². The molecule has 0 aromatic heterocycles. The normalized spacial score (nSPS) is 9.92. The summed E-state index contributed by atoms with van der Waals surface area (Å²) in [4.78, 5) is 4.21. The van der Waals surface area contributed by atoms with Crippen molar-refractivity contribution in [1.29, 1.82) is 0 Å². The molecule has 0 aliphatic carbocycles. The van der Waals surface area contributed by atoms with Crippen molar-refractivity contribution in [3.8, 4) is 0 Å². The van der Waals surface area contributed by atoms with Gasteiger partial charge in [-0.3, -0.25) is 0 Å². The second kappa shape index (κ2) is 3.69. The Morgan fingerprint density at radius 1 is 0.923 bits per heavy atom. The average Bonchev–Trinajstić information content (AvgIpc) is 2.03. The summed E-state index contributed by atoms with van der Waals surface area (Å²) in [5.41, 5.74) is 3.48. The number of nitrogens with zero attached hydrogens (tertiary/aromatic N) is 2. The first kappa shape index (κ1) is 9.90. The molecule has 2 nitrogen and oxygen atoms in total. The van der Waals surface area contributed by atoms with Crippen LogP contribution in [0.4, 0.5) is 11.4 Å². The summed E-state index contributed by atoms with van der Waals surface area (Å²) in [6.45, 7) is 3.92. The fourth-order valence-electron chi connectivity index (χ4n) is 1.31. The Kier molecular flexibility index (Phi) is 2.81. The lowest BCUT2D eigenvalue weighted by atomic mass is 10.1. The molecule has 0 unspecified atom stereocenters. The molecule has 0 spiro atoms. The van der Waals surface area contributed by atoms with E-state index in [1.807, 2.05) is 34.3 Å². The van der Waals surface area contributed by atoms with Gasteiger partial charge < -0.3 is 9.80 Å². The van der Waals surface area contributed by atoms with Crippen LogP contribution in [0.25, 0.3) is 0 Å². The van der Waals surface area contributed by atoms with Crippen molar-refractivity contribution in [3.63, 3.8) is 0 Å². The van der Waals surface area contributed by atoms with E-state index in [9.17, 15) is 0 Å². The monoisotopic (exact) mass is 177 g/mol. The summed E-state index contributed by atoms with van der Waals surface area (Å²) in [5, 5.41) is 0. The van der Waals surface area contributed by atoms with Crippen molar-refractivity contribution in [2.45, 2.75) is 0 Å². The third-order valence-electron chi connectivity index (χ3n) is 2.00. The van der Waals surface area contributed by atoms with Crippen LogP contribution in [0.2, 0.25) is 0 Å². The smallest absolute Gasteiger partial charge is 0.0601 e. The second-order valence-corrected chi connectivity index (χ2v) is 3.61. The van der Waals surface area contributed by atoms with Crippen LogP contribution in [0.15, 0.2) is 18.2 Å². The van der Waals surface area contributed by atoms with Gasteiger partial charge in [-0.05, 0) is 24.6 Å². The van der Waals surface area contributed by atoms with Crippen molar-refractivity contribution in [2.24, 2.45) is 0 Å². The van der Waals surface area contributed by atoms with E-state index in [1.54, 1.807) is 0 Å². The van der Waals surface area contributed by atoms with Crippen LogP contribution >= 0.6 is 0 Å². The molecule has 0 aliphatic heterocycles. The Labute approximate surface area is 80.8 Å². The van der Waals surface area contributed by atoms with Gasteiger partial charge in [-0.1, -0.05) is 6.07 Å². The van der Waals surface area contributed by atoms with Gasteiger partial charge >= 0.3 is 0 Å². The topological polar surface area (TPSA) is 6.48 Å². The molecule has 0 atom stereocenters. The zero-order chi connectivity index (χ0) is 10.0. The van der Waals surface area contributed by atoms with Crippen LogP contribution in [0.3, 0.4) is 0 Å². The third kappa shape index (κ3) is 2.14. The van der Waals surface area contributed by atoms with Gasteiger partial charge in [0.25, 0.3) is 0 Å². The zero-order valence-corrected chi connectivity index (χ0v) is 8.83. The summed E-state index contributed by atoms with van der Waals surface area (Å²) in [6.07, 6.45) is 0. The highest BCUT2D eigenvalue weighted by Crippen LogP contribution is 2.27. The molecule has 0 bridgehead atoms. The molecule has 0 saturated carbocycles. The quantitative estimate of drug-likeness (QED) is 0.681. The van der Waals surface area contributed by atoms with E-state index in [-0.39, 0.29) is 0 Å². The first-order chi connectivity index (χ1) is 6.02. The van der Waals surface area contributed by atoms with Crippen LogP contribution in [0, 0.1) is 6.92 Å². The van der Waals surface area contributed by atoms with Gasteiger partial charge in [-0.15, -0.1) is 0 Å². The fraction of sp³-hybridized carbons (Fsp3) is 0.364. The van der Waals surface area contributed by atoms with Crippen molar-refractivity contribution in [2.75, 3.05) is 38.0 Å². The minimum absolute atomic E-state index is 1.05. The van der Waals surface area contributed by atoms with Crippen LogP contribution in [-0.4, -0.2) is 28.2 Å². The first-order valence-electron chi connectivity index (χ1n) is 4.33. The van der Waals surface area contributed by atoms with Crippen LogP contribution in [0.1, 0.15) is 5.56 Å². The molecule has 13 heavy (non-hydrogen) atoms. The molecule has 1 rings (SSSR count). The third-order valence-corrected chi connectivity index (χ3v) is 2.00. The van der Waals surface area contributed by atoms with E-state index in [1.165, 1.54) is 11.4 Å². The molecule has 0 aliphatic rings. The lowest BCUT2D eigenvalue weighted by Gasteiger charge is -2.22. The summed E-state index contributed by atoms with van der Waals surface area (Å²) in [5.74, 6) is 0. The van der Waals surface area contributed by atoms with Crippen LogP contribution in [0.5, 0.6) is 0 Å². The van der Waals surface area contributed by atoms with Crippen molar-refractivity contribution >= 4 is 11.4 Å². The average molecular weight is 177 g/mol. The Morgan fingerprint density at radius 3 is 1.92 bits per heavy atom. The van der Waals surface area contributed by atoms with E-state index in [2.05, 4.69) is 28.9 Å². The zero-order valence-electron chi connectivity index (χ0n) is 8.83. The highest BCUT2D eigenvalue weighted by Gasteiger charge is 2.05. The molecular weight excluding hydrogens is 160 g/mol. The molecule has 0 N–H and O–H groups in total. The highest BCUT2D eigenvalue weighted by atomic mass is 15.1. The minimum Gasteiger partial charge on any atom is -0.376 e. The van der Waals surface area contributed by atoms with Crippen molar-refractivity contribution < 1.29 is 0 Å². The maximum absolute atomic E-state index is 3.92. The molecule has 0 fully saturated rings. The highest BCUT2D eigenvalue weighted by molar-refractivity contribution is 5.71. The number of anilines is 2. The number of rotatable bonds is 2. The largest absolute Gasteiger partial charge is 0.376 e. The molecule has 0 saturated heterocycles. The molecule has 71 valence electrons. The Hall–Kier alpha value is -1.18. The standard InChI is InChI=1S/C11H17N2/c1-9-6-7-10(12(2)3)11(8-9)13(4)5/h6-8H,1H2,2-5H3. The molecule has 0 amide bonds. The first-order valence-corrected chi connectivity index (χ1v) is 4.33. The van der Waals surface area contributed by atoms with E-state index < -0.39 is 0 Å². The van der Waals surface area contributed by atoms with Crippen LogP contribution in [-0.2, 0) is 0 Å². The molecule has 1 aromatic carbocycles. The molecule has 1 aromatic rings. The van der Waals surface area contributed by atoms with E-state index in [4.69, 9.17) is 0 Å². The fourth-order valence-corrected chi connectivity index (χ4v) is 1.31. The number of benzene rings is 1. The van der Waals surface area contributed by atoms with Crippen molar-refractivity contribution in [3.05, 3.63) is 30.7 Å². The number of hydrogen-bond donors (Lipinski definition) is 0. The lowest BCUT2D eigenvalue weighted by Crippen LogP contribution is -2.16. The van der Waals surface area contributed by atoms with E-state index in [0.29, 0.717) is 0 Å². The van der Waals surface area contributed by atoms with Crippen LogP contribution < -0.4 is 9.80 Å². The van der Waals surface area contributed by atoms with E-state index in [0.717, 1.165) is 5.56 Å². The van der Waals surface area contributed by atoms with E-state index >= 15 is 0 Å². The van der Waals surface area contributed by atoms with Crippen molar-refractivity contribution in [1.82, 2.24) is 0 Å². The van der Waals surface area contributed by atoms with Gasteiger partial charge in [-0.2, -0.15) is 0 Å². The lowest BCUT2D eigenvalue weighted by molar-refractivity contribution is 1.07. The predicted molar refractivity (Wildman–Crippen MR) is 59.6 cm³/mol. The SMILES string of the molecule is [CH2]c1ccc(N(C)C)c(N(C)C)c1. The maximum atomic E-state index is 3.92. The summed E-state index contributed by atoms with van der Waals surface area (Å²) in [7, 11) is 8.18. The summed E-state index contributed by atoms with van der Waals surface area (Å²) >= 11 is 0. The molecule has 1 radical (unpaired) electrons. The number of hydrogen-bond acceptors (Lipinski definition) is 2. The van der Waals surface area contributed by atoms with Gasteiger partial charge in [0.15, 0.2) is 0 Å². The molecule has 2 heteroatoms. The van der Waals surface area contributed by atoms with Gasteiger partial charge in [-0.25, -0.2) is 0 Å². The Balaban J connectivity index is 3.19. The Bertz CT molecular complexity index is 290. The van der Waals surface area contributed by atoms with Gasteiger partial charge in [0.05, 0.1) is 11.4 Å². The van der Waals surface area contributed by atoms with Gasteiger partial charge in [0, 0.05) is 28.2 Å².